The molecule has 0 saturated heterocycles. The van der Waals surface area contributed by atoms with Crippen LogP contribution in [0.3, 0.4) is 0 Å². The smallest absolute Gasteiger partial charge is 0.222 e. The van der Waals surface area contributed by atoms with E-state index >= 15 is 0 Å². The van der Waals surface area contributed by atoms with Gasteiger partial charge in [0.2, 0.25) is 5.91 Å². The number of benzene rings is 2. The minimum absolute atomic E-state index is 0.257. The number of rotatable bonds is 2. The highest BCUT2D eigenvalue weighted by atomic mass is 28.3. The quantitative estimate of drug-likeness (QED) is 0.712. The maximum atomic E-state index is 10.2. The van der Waals surface area contributed by atoms with E-state index in [1.54, 1.807) is 31.9 Å². The van der Waals surface area contributed by atoms with Crippen LogP contribution in [-0.2, 0) is 4.79 Å². The molecule has 2 aromatic rings. The third-order valence-electron chi connectivity index (χ3n) is 4.83. The van der Waals surface area contributed by atoms with Crippen molar-refractivity contribution in [3.63, 3.8) is 0 Å². The number of fused-ring (bicyclic) bond motifs is 1. The Hall–Kier alpha value is -2.13. The van der Waals surface area contributed by atoms with E-state index in [0.29, 0.717) is 0 Å². The fourth-order valence-electron chi connectivity index (χ4n) is 3.33. The fourth-order valence-corrected chi connectivity index (χ4v) is 5.49. The molecule has 138 valence electrons. The van der Waals surface area contributed by atoms with Crippen LogP contribution in [0.2, 0.25) is 13.1 Å². The van der Waals surface area contributed by atoms with Crippen LogP contribution in [0.15, 0.2) is 54.1 Å². The number of primary amides is 1. The molecule has 3 rings (SSSR count). The van der Waals surface area contributed by atoms with Crippen molar-refractivity contribution in [2.24, 2.45) is 11.1 Å². The second-order valence-electron chi connectivity index (χ2n) is 8.40. The first-order valence-corrected chi connectivity index (χ1v) is 12.3. The van der Waals surface area contributed by atoms with Gasteiger partial charge in [-0.1, -0.05) is 94.0 Å². The highest BCUT2D eigenvalue weighted by Gasteiger charge is 2.27. The first-order chi connectivity index (χ1) is 12.1. The van der Waals surface area contributed by atoms with Crippen LogP contribution in [0.1, 0.15) is 44.4 Å². The summed E-state index contributed by atoms with van der Waals surface area (Å²) < 4.78 is 0. The molecule has 2 N–H and O–H groups in total. The number of carbonyl (C=O) groups is 1. The summed E-state index contributed by atoms with van der Waals surface area (Å²) in [5.41, 5.74) is 12.6. The molecule has 0 radical (unpaired) electrons. The van der Waals surface area contributed by atoms with Crippen molar-refractivity contribution in [2.75, 3.05) is 0 Å². The summed E-state index contributed by atoms with van der Waals surface area (Å²) in [6, 6.07) is 17.5. The van der Waals surface area contributed by atoms with Crippen LogP contribution in [0.5, 0.6) is 0 Å². The van der Waals surface area contributed by atoms with Crippen LogP contribution in [0.25, 0.3) is 17.2 Å². The highest BCUT2D eigenvalue weighted by Crippen LogP contribution is 2.42. The zero-order chi connectivity index (χ0) is 19.5. The molecule has 0 aliphatic heterocycles. The van der Waals surface area contributed by atoms with E-state index in [1.165, 1.54) is 16.7 Å². The average molecular weight is 366 g/mol. The standard InChI is InChI=1S/C18H20Si.C5H11NO/c1-13-12-17-15(14-8-5-4-6-9-14)10-7-11-16(17)18(13)19(2)3;1-5(2,3)4(6)7/h4-12,18-19H,1-3H3;1-3H3,(H2,6,7). The normalized spacial score (nSPS) is 15.8. The Morgan fingerprint density at radius 2 is 1.58 bits per heavy atom. The number of nitrogens with two attached hydrogens (primary N) is 1. The molecule has 0 saturated carbocycles. The fraction of sp³-hybridized carbons (Fsp3) is 0.348. The Bertz CT molecular complexity index is 801. The van der Waals surface area contributed by atoms with Crippen LogP contribution in [0.4, 0.5) is 0 Å². The highest BCUT2D eigenvalue weighted by molar-refractivity contribution is 6.58. The first-order valence-electron chi connectivity index (χ1n) is 9.29. The van der Waals surface area contributed by atoms with Gasteiger partial charge in [-0.05, 0) is 34.7 Å². The summed E-state index contributed by atoms with van der Waals surface area (Å²) in [5.74, 6) is -0.257. The van der Waals surface area contributed by atoms with Crippen molar-refractivity contribution in [1.82, 2.24) is 0 Å². The zero-order valence-electron chi connectivity index (χ0n) is 16.8. The summed E-state index contributed by atoms with van der Waals surface area (Å²) in [7, 11) is -0.701. The summed E-state index contributed by atoms with van der Waals surface area (Å²) in [4.78, 5) is 10.2. The maximum Gasteiger partial charge on any atom is 0.222 e. The number of amides is 1. The Balaban J connectivity index is 0.000000298. The Kier molecular flexibility index (Phi) is 6.24. The molecule has 1 aliphatic carbocycles. The number of carbonyl (C=O) groups excluding carboxylic acids is 1. The molecule has 0 fully saturated rings. The minimum atomic E-state index is -0.701. The van der Waals surface area contributed by atoms with Crippen LogP contribution in [-0.4, -0.2) is 14.7 Å². The SMILES string of the molecule is CC(C)(C)C(N)=O.CC1=Cc2c(-c3ccccc3)cccc2C1[SiH](C)C. The van der Waals surface area contributed by atoms with Gasteiger partial charge in [0.15, 0.2) is 0 Å². The van der Waals surface area contributed by atoms with Crippen LogP contribution >= 0.6 is 0 Å². The van der Waals surface area contributed by atoms with E-state index in [9.17, 15) is 4.79 Å². The lowest BCUT2D eigenvalue weighted by atomic mass is 9.96. The van der Waals surface area contributed by atoms with Crippen molar-refractivity contribution in [2.45, 2.75) is 46.3 Å². The molecule has 3 heteroatoms. The topological polar surface area (TPSA) is 43.1 Å². The number of hydrogen-bond donors (Lipinski definition) is 1. The predicted molar refractivity (Wildman–Crippen MR) is 116 cm³/mol. The third-order valence-corrected chi connectivity index (χ3v) is 7.05. The summed E-state index contributed by atoms with van der Waals surface area (Å²) in [6.07, 6.45) is 2.41. The second kappa shape index (κ2) is 8.04. The van der Waals surface area contributed by atoms with Gasteiger partial charge in [0.1, 0.15) is 0 Å². The molecule has 0 aromatic heterocycles. The molecular formula is C23H31NOSi. The molecule has 1 amide bonds. The van der Waals surface area contributed by atoms with Crippen LogP contribution < -0.4 is 5.73 Å². The van der Waals surface area contributed by atoms with Gasteiger partial charge in [-0.2, -0.15) is 0 Å². The van der Waals surface area contributed by atoms with E-state index in [2.05, 4.69) is 74.6 Å². The van der Waals surface area contributed by atoms with E-state index in [0.717, 1.165) is 5.54 Å². The predicted octanol–water partition coefficient (Wildman–Crippen LogP) is 5.40. The van der Waals surface area contributed by atoms with Crippen molar-refractivity contribution < 1.29 is 4.79 Å². The minimum Gasteiger partial charge on any atom is -0.369 e. The van der Waals surface area contributed by atoms with Crippen molar-refractivity contribution in [3.05, 3.63) is 65.2 Å². The van der Waals surface area contributed by atoms with Gasteiger partial charge in [-0.3, -0.25) is 4.79 Å². The molecule has 1 unspecified atom stereocenters. The molecule has 0 bridgehead atoms. The third kappa shape index (κ3) is 4.53. The van der Waals surface area contributed by atoms with Gasteiger partial charge in [-0.25, -0.2) is 0 Å². The monoisotopic (exact) mass is 365 g/mol. The maximum absolute atomic E-state index is 10.2. The zero-order valence-corrected chi connectivity index (χ0v) is 18.0. The lowest BCUT2D eigenvalue weighted by Crippen LogP contribution is -2.27. The lowest BCUT2D eigenvalue weighted by molar-refractivity contribution is -0.125. The molecule has 1 aliphatic rings. The van der Waals surface area contributed by atoms with E-state index in [4.69, 9.17) is 5.73 Å². The van der Waals surface area contributed by atoms with Crippen molar-refractivity contribution in [1.29, 1.82) is 0 Å². The molecule has 0 spiro atoms. The Morgan fingerprint density at radius 1 is 1.00 bits per heavy atom. The molecule has 26 heavy (non-hydrogen) atoms. The number of hydrogen-bond acceptors (Lipinski definition) is 1. The van der Waals surface area contributed by atoms with Crippen molar-refractivity contribution in [3.8, 4) is 11.1 Å². The second-order valence-corrected chi connectivity index (χ2v) is 11.6. The molecular weight excluding hydrogens is 334 g/mol. The summed E-state index contributed by atoms with van der Waals surface area (Å²) in [5, 5.41) is 0. The molecule has 1 atom stereocenters. The van der Waals surface area contributed by atoms with Gasteiger partial charge < -0.3 is 5.73 Å². The molecule has 0 heterocycles. The Labute approximate surface area is 159 Å². The van der Waals surface area contributed by atoms with Crippen LogP contribution in [0, 0.1) is 5.41 Å². The van der Waals surface area contributed by atoms with Gasteiger partial charge in [0, 0.05) is 14.2 Å². The van der Waals surface area contributed by atoms with Gasteiger partial charge in [-0.15, -0.1) is 0 Å². The largest absolute Gasteiger partial charge is 0.369 e. The lowest BCUT2D eigenvalue weighted by Gasteiger charge is -2.18. The van der Waals surface area contributed by atoms with Gasteiger partial charge in [0.25, 0.3) is 0 Å². The average Bonchev–Trinajstić information content (AvgIpc) is 2.91. The molecule has 2 nitrogen and oxygen atoms in total. The van der Waals surface area contributed by atoms with Gasteiger partial charge in [0.05, 0.1) is 0 Å². The number of allylic oxidation sites excluding steroid dienone is 1. The molecule has 2 aromatic carbocycles. The van der Waals surface area contributed by atoms with E-state index in [-0.39, 0.29) is 11.3 Å². The summed E-state index contributed by atoms with van der Waals surface area (Å²) in [6.45, 7) is 12.6. The first kappa shape index (κ1) is 20.2. The van der Waals surface area contributed by atoms with Gasteiger partial charge >= 0.3 is 0 Å². The van der Waals surface area contributed by atoms with E-state index < -0.39 is 8.80 Å². The van der Waals surface area contributed by atoms with Crippen molar-refractivity contribution >= 4 is 20.8 Å². The summed E-state index contributed by atoms with van der Waals surface area (Å²) >= 11 is 0. The Morgan fingerprint density at radius 3 is 2.08 bits per heavy atom. The van der Waals surface area contributed by atoms with E-state index in [1.807, 2.05) is 0 Å².